The Kier molecular flexibility index (Phi) is 6.09. The number of hydrogen-bond donors (Lipinski definition) is 2. The van der Waals surface area contributed by atoms with Crippen LogP contribution < -0.4 is 20.5 Å². The molecule has 4 heterocycles. The molecule has 1 saturated heterocycles. The maximum atomic E-state index is 11.8. The number of rotatable bonds is 5. The monoisotopic (exact) mass is 500 g/mol. The number of H-pyrrole nitrogens is 1. The highest BCUT2D eigenvalue weighted by Crippen LogP contribution is 2.43. The highest BCUT2D eigenvalue weighted by molar-refractivity contribution is 6.30. The van der Waals surface area contributed by atoms with Crippen LogP contribution in [0.5, 0.6) is 11.5 Å². The van der Waals surface area contributed by atoms with Gasteiger partial charge in [-0.1, -0.05) is 29.8 Å². The van der Waals surface area contributed by atoms with Crippen molar-refractivity contribution >= 4 is 23.0 Å². The molecule has 2 aliphatic heterocycles. The maximum Gasteiger partial charge on any atom is 0.249 e. The summed E-state index contributed by atoms with van der Waals surface area (Å²) >= 11 is 6.07. The molecule has 0 saturated carbocycles. The summed E-state index contributed by atoms with van der Waals surface area (Å²) in [6, 6.07) is 19.6. The molecule has 0 spiro atoms. The molecule has 1 fully saturated rings. The van der Waals surface area contributed by atoms with E-state index in [1.54, 1.807) is 24.5 Å². The van der Waals surface area contributed by atoms with E-state index in [9.17, 15) is 4.79 Å². The van der Waals surface area contributed by atoms with Crippen LogP contribution in [0.15, 0.2) is 77.9 Å². The lowest BCUT2D eigenvalue weighted by Gasteiger charge is -2.36. The van der Waals surface area contributed by atoms with Crippen molar-refractivity contribution in [1.29, 1.82) is 0 Å². The van der Waals surface area contributed by atoms with Gasteiger partial charge in [0.2, 0.25) is 5.56 Å². The Labute approximate surface area is 213 Å². The second kappa shape index (κ2) is 9.68. The van der Waals surface area contributed by atoms with E-state index in [-0.39, 0.29) is 11.7 Å². The molecule has 36 heavy (non-hydrogen) atoms. The van der Waals surface area contributed by atoms with E-state index in [0.29, 0.717) is 24.7 Å². The number of morpholine rings is 1. The van der Waals surface area contributed by atoms with Crippen LogP contribution in [-0.2, 0) is 17.7 Å². The predicted octanol–water partition coefficient (Wildman–Crippen LogP) is 5.31. The first-order valence-electron chi connectivity index (χ1n) is 11.9. The Bertz CT molecular complexity index is 1470. The third-order valence-corrected chi connectivity index (χ3v) is 6.80. The zero-order chi connectivity index (χ0) is 24.5. The zero-order valence-electron chi connectivity index (χ0n) is 19.5. The standard InChI is InChI=1S/C28H25ClN4O3/c29-20-6-8-30-22(14-20)16-32-21-4-5-25-19(13-21)12-18-2-1-3-24(28(18)36-25)26-17-33(10-11-35-26)23-7-9-31-27(34)15-23/h1-9,13-15,26,32H,10-12,16-17H2,(H,31,34). The summed E-state index contributed by atoms with van der Waals surface area (Å²) in [6.07, 6.45) is 4.01. The van der Waals surface area contributed by atoms with Crippen LogP contribution in [-0.4, -0.2) is 29.7 Å². The number of aromatic nitrogens is 2. The van der Waals surface area contributed by atoms with Crippen LogP contribution in [0.4, 0.5) is 11.4 Å². The summed E-state index contributed by atoms with van der Waals surface area (Å²) in [6.45, 7) is 2.55. The van der Waals surface area contributed by atoms with Crippen LogP contribution in [0.3, 0.4) is 0 Å². The normalized spacial score (nSPS) is 16.6. The van der Waals surface area contributed by atoms with Crippen molar-refractivity contribution in [1.82, 2.24) is 9.97 Å². The van der Waals surface area contributed by atoms with Gasteiger partial charge in [0.1, 0.15) is 17.6 Å². The molecular formula is C28H25ClN4O3. The Morgan fingerprint density at radius 1 is 1.11 bits per heavy atom. The van der Waals surface area contributed by atoms with Crippen LogP contribution in [0.1, 0.15) is 28.5 Å². The first kappa shape index (κ1) is 22.6. The molecule has 6 rings (SSSR count). The summed E-state index contributed by atoms with van der Waals surface area (Å²) in [5.41, 5.74) is 5.96. The number of halogens is 1. The fourth-order valence-electron chi connectivity index (χ4n) is 4.80. The number of anilines is 2. The molecule has 182 valence electrons. The topological polar surface area (TPSA) is 79.5 Å². The van der Waals surface area contributed by atoms with Crippen LogP contribution in [0.2, 0.25) is 5.02 Å². The van der Waals surface area contributed by atoms with E-state index >= 15 is 0 Å². The van der Waals surface area contributed by atoms with Crippen molar-refractivity contribution in [2.75, 3.05) is 29.9 Å². The predicted molar refractivity (Wildman–Crippen MR) is 140 cm³/mol. The molecule has 2 aliphatic rings. The van der Waals surface area contributed by atoms with E-state index in [1.165, 1.54) is 0 Å². The van der Waals surface area contributed by atoms with E-state index in [0.717, 1.165) is 58.2 Å². The first-order chi connectivity index (χ1) is 17.6. The van der Waals surface area contributed by atoms with E-state index < -0.39 is 0 Å². The van der Waals surface area contributed by atoms with Gasteiger partial charge in [-0.15, -0.1) is 0 Å². The van der Waals surface area contributed by atoms with Crippen molar-refractivity contribution in [3.8, 4) is 11.5 Å². The summed E-state index contributed by atoms with van der Waals surface area (Å²) in [7, 11) is 0. The quantitative estimate of drug-likeness (QED) is 0.340. The van der Waals surface area contributed by atoms with E-state index in [4.69, 9.17) is 21.1 Å². The number of fused-ring (bicyclic) bond motifs is 2. The second-order valence-corrected chi connectivity index (χ2v) is 9.41. The molecule has 2 aromatic heterocycles. The van der Waals surface area contributed by atoms with Crippen molar-refractivity contribution < 1.29 is 9.47 Å². The molecule has 0 radical (unpaired) electrons. The minimum atomic E-state index is -0.152. The molecule has 0 amide bonds. The minimum Gasteiger partial charge on any atom is -0.456 e. The maximum absolute atomic E-state index is 11.8. The Morgan fingerprint density at radius 3 is 2.94 bits per heavy atom. The average molecular weight is 501 g/mol. The van der Waals surface area contributed by atoms with Crippen molar-refractivity contribution in [3.05, 3.63) is 111 Å². The number of pyridine rings is 2. The van der Waals surface area contributed by atoms with Crippen LogP contribution in [0, 0.1) is 0 Å². The Morgan fingerprint density at radius 2 is 2.06 bits per heavy atom. The van der Waals surface area contributed by atoms with E-state index in [2.05, 4.69) is 44.5 Å². The molecule has 0 aliphatic carbocycles. The van der Waals surface area contributed by atoms with Crippen LogP contribution in [0.25, 0.3) is 0 Å². The summed E-state index contributed by atoms with van der Waals surface area (Å²) in [5.74, 6) is 1.72. The minimum absolute atomic E-state index is 0.106. The number of benzene rings is 2. The third-order valence-electron chi connectivity index (χ3n) is 6.57. The molecule has 1 atom stereocenters. The Balaban J connectivity index is 1.20. The number of nitrogens with zero attached hydrogens (tertiary/aromatic N) is 2. The number of ether oxygens (including phenoxy) is 2. The van der Waals surface area contributed by atoms with Gasteiger partial charge in [-0.05, 0) is 42.0 Å². The van der Waals surface area contributed by atoms with Gasteiger partial charge in [0.05, 0.1) is 18.8 Å². The molecule has 4 aromatic rings. The summed E-state index contributed by atoms with van der Waals surface area (Å²) in [4.78, 5) is 21.0. The molecule has 2 N–H and O–H groups in total. The number of para-hydroxylation sites is 1. The third kappa shape index (κ3) is 4.67. The van der Waals surface area contributed by atoms with Gasteiger partial charge < -0.3 is 24.7 Å². The number of nitrogens with one attached hydrogen (secondary N) is 2. The van der Waals surface area contributed by atoms with Gasteiger partial charge in [-0.2, -0.15) is 0 Å². The SMILES string of the molecule is O=c1cc(N2CCOC(c3cccc4c3Oc3ccc(NCc5cc(Cl)ccn5)cc3C4)C2)cc[nH]1. The highest BCUT2D eigenvalue weighted by atomic mass is 35.5. The first-order valence-corrected chi connectivity index (χ1v) is 12.3. The van der Waals surface area contributed by atoms with Gasteiger partial charge >= 0.3 is 0 Å². The van der Waals surface area contributed by atoms with Crippen molar-refractivity contribution in [2.45, 2.75) is 19.1 Å². The summed E-state index contributed by atoms with van der Waals surface area (Å²) < 4.78 is 12.6. The van der Waals surface area contributed by atoms with Gasteiger partial charge in [-0.3, -0.25) is 9.78 Å². The Hall–Kier alpha value is -3.81. The van der Waals surface area contributed by atoms with Gasteiger partial charge in [-0.25, -0.2) is 0 Å². The number of hydrogen-bond acceptors (Lipinski definition) is 6. The average Bonchev–Trinajstić information content (AvgIpc) is 2.90. The van der Waals surface area contributed by atoms with E-state index in [1.807, 2.05) is 24.3 Å². The summed E-state index contributed by atoms with van der Waals surface area (Å²) in [5, 5.41) is 4.10. The van der Waals surface area contributed by atoms with Crippen molar-refractivity contribution in [3.63, 3.8) is 0 Å². The molecule has 1 unspecified atom stereocenters. The van der Waals surface area contributed by atoms with Gasteiger partial charge in [0, 0.05) is 65.5 Å². The number of aromatic amines is 1. The highest BCUT2D eigenvalue weighted by Gasteiger charge is 2.28. The smallest absolute Gasteiger partial charge is 0.249 e. The van der Waals surface area contributed by atoms with Crippen molar-refractivity contribution in [2.24, 2.45) is 0 Å². The fourth-order valence-corrected chi connectivity index (χ4v) is 4.99. The lowest BCUT2D eigenvalue weighted by atomic mass is 9.95. The fraction of sp³-hybridized carbons (Fsp3) is 0.214. The van der Waals surface area contributed by atoms with Gasteiger partial charge in [0.25, 0.3) is 0 Å². The molecule has 7 nitrogen and oxygen atoms in total. The lowest BCUT2D eigenvalue weighted by molar-refractivity contribution is 0.0384. The van der Waals surface area contributed by atoms with Crippen LogP contribution >= 0.6 is 11.6 Å². The molecule has 8 heteroatoms. The zero-order valence-corrected chi connectivity index (χ0v) is 20.3. The second-order valence-electron chi connectivity index (χ2n) is 8.97. The lowest BCUT2D eigenvalue weighted by Crippen LogP contribution is -2.39. The molecule has 2 aromatic carbocycles. The molecule has 0 bridgehead atoms. The largest absolute Gasteiger partial charge is 0.456 e. The van der Waals surface area contributed by atoms with Gasteiger partial charge in [0.15, 0.2) is 0 Å². The molecular weight excluding hydrogens is 476 g/mol.